The molecule has 0 radical (unpaired) electrons. The van der Waals surface area contributed by atoms with E-state index in [1.54, 1.807) is 18.2 Å². The summed E-state index contributed by atoms with van der Waals surface area (Å²) in [6.07, 6.45) is 3.30. The minimum absolute atomic E-state index is 0.0828. The van der Waals surface area contributed by atoms with Gasteiger partial charge in [-0.1, -0.05) is 31.5 Å². The average molecular weight is 285 g/mol. The lowest BCUT2D eigenvalue weighted by Crippen LogP contribution is -2.40. The molecule has 1 aromatic heterocycles. The van der Waals surface area contributed by atoms with Gasteiger partial charge in [-0.2, -0.15) is 5.10 Å². The van der Waals surface area contributed by atoms with E-state index >= 15 is 0 Å². The molecule has 1 N–H and O–H groups in total. The lowest BCUT2D eigenvalue weighted by atomic mass is 9.95. The highest BCUT2D eigenvalue weighted by atomic mass is 16.2. The van der Waals surface area contributed by atoms with E-state index in [4.69, 9.17) is 0 Å². The molecule has 1 aromatic carbocycles. The van der Waals surface area contributed by atoms with Gasteiger partial charge in [0.15, 0.2) is 5.69 Å². The van der Waals surface area contributed by atoms with Crippen LogP contribution in [0.5, 0.6) is 0 Å². The fourth-order valence-corrected chi connectivity index (χ4v) is 3.01. The molecule has 1 atom stereocenters. The molecule has 21 heavy (non-hydrogen) atoms. The number of carbonyl (C=O) groups excluding carboxylic acids is 1. The molecule has 1 fully saturated rings. The molecule has 5 heteroatoms. The Morgan fingerprint density at radius 1 is 1.38 bits per heavy atom. The zero-order valence-electron chi connectivity index (χ0n) is 12.1. The van der Waals surface area contributed by atoms with E-state index in [0.717, 1.165) is 25.9 Å². The van der Waals surface area contributed by atoms with Crippen LogP contribution in [0.15, 0.2) is 29.1 Å². The van der Waals surface area contributed by atoms with Gasteiger partial charge in [0.25, 0.3) is 11.5 Å². The van der Waals surface area contributed by atoms with Crippen LogP contribution in [0.1, 0.15) is 36.7 Å². The third-order valence-electron chi connectivity index (χ3n) is 4.28. The Bertz CT molecular complexity index is 723. The molecule has 5 nitrogen and oxygen atoms in total. The van der Waals surface area contributed by atoms with Crippen LogP contribution in [0.4, 0.5) is 0 Å². The molecule has 2 heterocycles. The zero-order chi connectivity index (χ0) is 14.8. The smallest absolute Gasteiger partial charge is 0.274 e. The predicted molar refractivity (Wildman–Crippen MR) is 81.3 cm³/mol. The van der Waals surface area contributed by atoms with Crippen molar-refractivity contribution in [1.82, 2.24) is 15.1 Å². The fraction of sp³-hybridized carbons (Fsp3) is 0.438. The number of amides is 1. The Morgan fingerprint density at radius 2 is 2.14 bits per heavy atom. The number of rotatable bonds is 2. The molecule has 2 aromatic rings. The van der Waals surface area contributed by atoms with Gasteiger partial charge in [-0.05, 0) is 24.8 Å². The molecule has 1 unspecified atom stereocenters. The molecule has 1 aliphatic rings. The molecular weight excluding hydrogens is 266 g/mol. The average Bonchev–Trinajstić information content (AvgIpc) is 2.55. The summed E-state index contributed by atoms with van der Waals surface area (Å²) in [5, 5.41) is 7.58. The minimum atomic E-state index is -0.257. The van der Waals surface area contributed by atoms with E-state index in [9.17, 15) is 9.59 Å². The van der Waals surface area contributed by atoms with Crippen LogP contribution in [0.2, 0.25) is 0 Å². The Labute approximate surface area is 123 Å². The molecule has 1 saturated heterocycles. The number of hydrogen-bond acceptors (Lipinski definition) is 3. The van der Waals surface area contributed by atoms with E-state index < -0.39 is 0 Å². The summed E-state index contributed by atoms with van der Waals surface area (Å²) in [6.45, 7) is 3.71. The molecule has 0 spiro atoms. The van der Waals surface area contributed by atoms with Crippen molar-refractivity contribution in [2.45, 2.75) is 26.2 Å². The Kier molecular flexibility index (Phi) is 3.73. The maximum atomic E-state index is 12.7. The molecule has 0 bridgehead atoms. The first-order valence-corrected chi connectivity index (χ1v) is 7.47. The number of likely N-dealkylation sites (tertiary alicyclic amines) is 1. The van der Waals surface area contributed by atoms with E-state index in [1.165, 1.54) is 6.42 Å². The summed E-state index contributed by atoms with van der Waals surface area (Å²) < 4.78 is 0. The molecule has 3 rings (SSSR count). The summed E-state index contributed by atoms with van der Waals surface area (Å²) in [5.41, 5.74) is 0.0918. The van der Waals surface area contributed by atoms with Crippen molar-refractivity contribution in [3.05, 3.63) is 40.3 Å². The molecular formula is C16H19N3O2. The summed E-state index contributed by atoms with van der Waals surface area (Å²) in [6, 6.07) is 7.12. The van der Waals surface area contributed by atoms with Crippen LogP contribution >= 0.6 is 0 Å². The summed E-state index contributed by atoms with van der Waals surface area (Å²) in [7, 11) is 0. The van der Waals surface area contributed by atoms with E-state index in [2.05, 4.69) is 17.1 Å². The zero-order valence-corrected chi connectivity index (χ0v) is 12.1. The summed E-state index contributed by atoms with van der Waals surface area (Å²) in [5.74, 6) is 0.484. The number of aromatic amines is 1. The largest absolute Gasteiger partial charge is 0.337 e. The Morgan fingerprint density at radius 3 is 2.90 bits per heavy atom. The van der Waals surface area contributed by atoms with Gasteiger partial charge >= 0.3 is 0 Å². The number of benzene rings is 1. The van der Waals surface area contributed by atoms with Crippen molar-refractivity contribution in [3.63, 3.8) is 0 Å². The summed E-state index contributed by atoms with van der Waals surface area (Å²) in [4.78, 5) is 26.4. The number of fused-ring (bicyclic) bond motifs is 1. The van der Waals surface area contributed by atoms with Crippen LogP contribution in [-0.4, -0.2) is 34.1 Å². The van der Waals surface area contributed by atoms with Gasteiger partial charge in [-0.15, -0.1) is 0 Å². The number of carbonyl (C=O) groups is 1. The number of nitrogens with one attached hydrogen (secondary N) is 1. The van der Waals surface area contributed by atoms with Gasteiger partial charge in [-0.25, -0.2) is 5.10 Å². The fourth-order valence-electron chi connectivity index (χ4n) is 3.01. The number of nitrogens with zero attached hydrogens (tertiary/aromatic N) is 2. The lowest BCUT2D eigenvalue weighted by Gasteiger charge is -2.32. The standard InChI is InChI=1S/C16H19N3O2/c1-2-11-6-5-9-19(10-11)16(21)14-12-7-3-4-8-13(12)15(20)18-17-14/h3-4,7-8,11H,2,5-6,9-10H2,1H3,(H,18,20). The van der Waals surface area contributed by atoms with Gasteiger partial charge in [0.1, 0.15) is 0 Å². The van der Waals surface area contributed by atoms with Crippen molar-refractivity contribution >= 4 is 16.7 Å². The number of piperidine rings is 1. The Hall–Kier alpha value is -2.17. The maximum absolute atomic E-state index is 12.7. The third-order valence-corrected chi connectivity index (χ3v) is 4.28. The van der Waals surface area contributed by atoms with E-state index in [-0.39, 0.29) is 11.5 Å². The second-order valence-corrected chi connectivity index (χ2v) is 5.61. The quantitative estimate of drug-likeness (QED) is 0.919. The lowest BCUT2D eigenvalue weighted by molar-refractivity contribution is 0.0666. The van der Waals surface area contributed by atoms with Crippen molar-refractivity contribution in [3.8, 4) is 0 Å². The predicted octanol–water partition coefficient (Wildman–Crippen LogP) is 2.19. The first-order valence-electron chi connectivity index (χ1n) is 7.47. The van der Waals surface area contributed by atoms with E-state index in [0.29, 0.717) is 22.4 Å². The van der Waals surface area contributed by atoms with Crippen LogP contribution in [0.25, 0.3) is 10.8 Å². The second-order valence-electron chi connectivity index (χ2n) is 5.61. The van der Waals surface area contributed by atoms with Gasteiger partial charge in [0.2, 0.25) is 0 Å². The highest BCUT2D eigenvalue weighted by Gasteiger charge is 2.25. The van der Waals surface area contributed by atoms with Crippen LogP contribution in [0, 0.1) is 5.92 Å². The molecule has 0 aliphatic carbocycles. The van der Waals surface area contributed by atoms with Crippen molar-refractivity contribution in [1.29, 1.82) is 0 Å². The highest BCUT2D eigenvalue weighted by molar-refractivity contribution is 6.04. The van der Waals surface area contributed by atoms with Gasteiger partial charge < -0.3 is 4.90 Å². The van der Waals surface area contributed by atoms with Crippen molar-refractivity contribution < 1.29 is 4.79 Å². The van der Waals surface area contributed by atoms with Gasteiger partial charge in [-0.3, -0.25) is 9.59 Å². The van der Waals surface area contributed by atoms with Crippen LogP contribution < -0.4 is 5.56 Å². The monoisotopic (exact) mass is 285 g/mol. The molecule has 110 valence electrons. The van der Waals surface area contributed by atoms with Crippen LogP contribution in [-0.2, 0) is 0 Å². The topological polar surface area (TPSA) is 66.1 Å². The SMILES string of the molecule is CCC1CCCN(C(=O)c2n[nH]c(=O)c3ccccc23)C1. The number of aromatic nitrogens is 2. The Balaban J connectivity index is 1.98. The van der Waals surface area contributed by atoms with Gasteiger partial charge in [0.05, 0.1) is 5.39 Å². The maximum Gasteiger partial charge on any atom is 0.274 e. The first kappa shape index (κ1) is 13.8. The minimum Gasteiger partial charge on any atom is -0.337 e. The normalized spacial score (nSPS) is 18.9. The molecule has 1 aliphatic heterocycles. The summed E-state index contributed by atoms with van der Waals surface area (Å²) >= 11 is 0. The second kappa shape index (κ2) is 5.68. The van der Waals surface area contributed by atoms with Gasteiger partial charge in [0, 0.05) is 18.5 Å². The number of hydrogen-bond donors (Lipinski definition) is 1. The number of H-pyrrole nitrogens is 1. The third kappa shape index (κ3) is 2.55. The molecule has 1 amide bonds. The molecule has 0 saturated carbocycles. The first-order chi connectivity index (χ1) is 10.2. The van der Waals surface area contributed by atoms with Crippen LogP contribution in [0.3, 0.4) is 0 Å². The van der Waals surface area contributed by atoms with Crippen molar-refractivity contribution in [2.75, 3.05) is 13.1 Å². The van der Waals surface area contributed by atoms with E-state index in [1.807, 2.05) is 11.0 Å². The highest BCUT2D eigenvalue weighted by Crippen LogP contribution is 2.22. The van der Waals surface area contributed by atoms with Crippen molar-refractivity contribution in [2.24, 2.45) is 5.92 Å².